The fraction of sp³-hybridized carbons (Fsp3) is 0.429. The summed E-state index contributed by atoms with van der Waals surface area (Å²) in [5, 5.41) is 2.42. The van der Waals surface area contributed by atoms with E-state index in [2.05, 4.69) is 5.32 Å². The van der Waals surface area contributed by atoms with E-state index in [-0.39, 0.29) is 40.9 Å². The van der Waals surface area contributed by atoms with Crippen molar-refractivity contribution in [3.63, 3.8) is 0 Å². The molecule has 164 valence electrons. The number of methoxy groups -OCH3 is 1. The number of rotatable bonds is 6. The predicted octanol–water partition coefficient (Wildman–Crippen LogP) is 2.30. The molecule has 0 saturated carbocycles. The summed E-state index contributed by atoms with van der Waals surface area (Å²) >= 11 is 2.51. The van der Waals surface area contributed by atoms with Gasteiger partial charge >= 0.3 is 0 Å². The van der Waals surface area contributed by atoms with Crippen LogP contribution in [0, 0.1) is 0 Å². The Bertz CT molecular complexity index is 964. The molecule has 3 aliphatic heterocycles. The maximum absolute atomic E-state index is 12.6. The Morgan fingerprint density at radius 2 is 2.03 bits per heavy atom. The van der Waals surface area contributed by atoms with Gasteiger partial charge in [0.15, 0.2) is 0 Å². The lowest BCUT2D eigenvalue weighted by molar-refractivity contribution is -0.137. The van der Waals surface area contributed by atoms with Gasteiger partial charge in [0.05, 0.1) is 16.9 Å². The van der Waals surface area contributed by atoms with E-state index in [4.69, 9.17) is 4.74 Å². The first-order valence-electron chi connectivity index (χ1n) is 9.96. The molecule has 3 heterocycles. The molecule has 31 heavy (non-hydrogen) atoms. The number of amides is 4. The summed E-state index contributed by atoms with van der Waals surface area (Å²) in [5.74, 6) is 0.645. The standard InChI is InChI=1S/C21H23N3O5S2/c1-21-8-7-17(25)24(21)15(12-30-21)18(26)22-9-10-23-19(27)16(31-20(23)28)11-13-3-5-14(29-2)6-4-13/h3-6,11,15H,7-10,12H2,1-2H3,(H,22,26)/b16-11+/t15-,21-/m0/s1. The highest BCUT2D eigenvalue weighted by Crippen LogP contribution is 2.47. The van der Waals surface area contributed by atoms with E-state index in [1.807, 2.05) is 6.92 Å². The number of imide groups is 1. The van der Waals surface area contributed by atoms with Crippen LogP contribution in [0.1, 0.15) is 25.3 Å². The second-order valence-electron chi connectivity index (χ2n) is 7.66. The molecule has 0 unspecified atom stereocenters. The van der Waals surface area contributed by atoms with Crippen LogP contribution in [0.4, 0.5) is 4.79 Å². The SMILES string of the molecule is COc1ccc(/C=C2/SC(=O)N(CCNC(=O)[C@@H]3CS[C@@]4(C)CCC(=O)N34)C2=O)cc1. The van der Waals surface area contributed by atoms with Gasteiger partial charge in [0.25, 0.3) is 11.1 Å². The average Bonchev–Trinajstić information content (AvgIpc) is 3.34. The number of hydrogen-bond donors (Lipinski definition) is 1. The first kappa shape index (κ1) is 21.8. The van der Waals surface area contributed by atoms with Crippen LogP contribution in [-0.2, 0) is 14.4 Å². The lowest BCUT2D eigenvalue weighted by Crippen LogP contribution is -2.51. The summed E-state index contributed by atoms with van der Waals surface area (Å²) < 4.78 is 5.12. The molecule has 0 aliphatic carbocycles. The zero-order chi connectivity index (χ0) is 22.2. The van der Waals surface area contributed by atoms with E-state index in [0.29, 0.717) is 22.8 Å². The Morgan fingerprint density at radius 1 is 1.29 bits per heavy atom. The largest absolute Gasteiger partial charge is 0.497 e. The highest BCUT2D eigenvalue weighted by Gasteiger charge is 2.52. The fourth-order valence-corrected chi connectivity index (χ4v) is 6.26. The molecule has 2 atom stereocenters. The Kier molecular flexibility index (Phi) is 6.02. The molecule has 0 spiro atoms. The minimum absolute atomic E-state index is 0.00209. The van der Waals surface area contributed by atoms with Crippen LogP contribution < -0.4 is 10.1 Å². The lowest BCUT2D eigenvalue weighted by Gasteiger charge is -2.29. The first-order valence-corrected chi connectivity index (χ1v) is 11.8. The Morgan fingerprint density at radius 3 is 2.74 bits per heavy atom. The quantitative estimate of drug-likeness (QED) is 0.650. The summed E-state index contributed by atoms with van der Waals surface area (Å²) in [7, 11) is 1.58. The van der Waals surface area contributed by atoms with Crippen LogP contribution in [0.5, 0.6) is 5.75 Å². The van der Waals surface area contributed by atoms with Crippen molar-refractivity contribution in [3.05, 3.63) is 34.7 Å². The smallest absolute Gasteiger partial charge is 0.293 e. The van der Waals surface area contributed by atoms with E-state index in [9.17, 15) is 19.2 Å². The van der Waals surface area contributed by atoms with Gasteiger partial charge in [0.2, 0.25) is 11.8 Å². The number of fused-ring (bicyclic) bond motifs is 1. The number of benzene rings is 1. The van der Waals surface area contributed by atoms with Crippen molar-refractivity contribution in [2.75, 3.05) is 26.0 Å². The molecular formula is C21H23N3O5S2. The van der Waals surface area contributed by atoms with E-state index < -0.39 is 6.04 Å². The molecule has 4 rings (SSSR count). The normalized spacial score (nSPS) is 26.7. The molecule has 10 heteroatoms. The summed E-state index contributed by atoms with van der Waals surface area (Å²) in [6.07, 6.45) is 2.88. The zero-order valence-electron chi connectivity index (χ0n) is 17.3. The third-order valence-electron chi connectivity index (χ3n) is 5.67. The first-order chi connectivity index (χ1) is 14.8. The van der Waals surface area contributed by atoms with Gasteiger partial charge in [-0.05, 0) is 48.9 Å². The molecular weight excluding hydrogens is 438 g/mol. The molecule has 1 N–H and O–H groups in total. The van der Waals surface area contributed by atoms with Gasteiger partial charge in [-0.2, -0.15) is 0 Å². The van der Waals surface area contributed by atoms with Crippen LogP contribution in [0.15, 0.2) is 29.2 Å². The molecule has 0 bridgehead atoms. The molecule has 8 nitrogen and oxygen atoms in total. The topological polar surface area (TPSA) is 96.0 Å². The molecule has 3 saturated heterocycles. The third-order valence-corrected chi connectivity index (χ3v) is 8.08. The summed E-state index contributed by atoms with van der Waals surface area (Å²) in [6.45, 7) is 2.22. The fourth-order valence-electron chi connectivity index (χ4n) is 3.97. The Balaban J connectivity index is 1.33. The van der Waals surface area contributed by atoms with Crippen molar-refractivity contribution in [3.8, 4) is 5.75 Å². The van der Waals surface area contributed by atoms with E-state index in [1.54, 1.807) is 54.1 Å². The van der Waals surface area contributed by atoms with Crippen LogP contribution >= 0.6 is 23.5 Å². The van der Waals surface area contributed by atoms with Crippen molar-refractivity contribution in [1.82, 2.24) is 15.1 Å². The summed E-state index contributed by atoms with van der Waals surface area (Å²) in [5.41, 5.74) is 0.789. The number of carbonyl (C=O) groups excluding carboxylic acids is 4. The number of hydrogen-bond acceptors (Lipinski definition) is 7. The number of nitrogens with zero attached hydrogens (tertiary/aromatic N) is 2. The van der Waals surface area contributed by atoms with Crippen molar-refractivity contribution >= 4 is 52.6 Å². The maximum atomic E-state index is 12.6. The monoisotopic (exact) mass is 461 g/mol. The number of carbonyl (C=O) groups is 4. The molecule has 0 radical (unpaired) electrons. The van der Waals surface area contributed by atoms with Crippen LogP contribution in [-0.4, -0.2) is 69.6 Å². The van der Waals surface area contributed by atoms with Gasteiger partial charge in [-0.25, -0.2) is 0 Å². The molecule has 3 fully saturated rings. The summed E-state index contributed by atoms with van der Waals surface area (Å²) in [4.78, 5) is 52.6. The molecule has 4 amide bonds. The minimum atomic E-state index is -0.505. The van der Waals surface area contributed by atoms with Crippen molar-refractivity contribution in [2.45, 2.75) is 30.7 Å². The van der Waals surface area contributed by atoms with Crippen molar-refractivity contribution < 1.29 is 23.9 Å². The highest BCUT2D eigenvalue weighted by atomic mass is 32.2. The van der Waals surface area contributed by atoms with Crippen molar-refractivity contribution in [1.29, 1.82) is 0 Å². The van der Waals surface area contributed by atoms with E-state index in [1.165, 1.54) is 0 Å². The third kappa shape index (κ3) is 4.18. The van der Waals surface area contributed by atoms with Gasteiger partial charge in [-0.3, -0.25) is 24.1 Å². The average molecular weight is 462 g/mol. The van der Waals surface area contributed by atoms with Crippen molar-refractivity contribution in [2.24, 2.45) is 0 Å². The second-order valence-corrected chi connectivity index (χ2v) is 10.2. The van der Waals surface area contributed by atoms with Crippen LogP contribution in [0.2, 0.25) is 0 Å². The zero-order valence-corrected chi connectivity index (χ0v) is 18.9. The molecule has 1 aromatic rings. The molecule has 1 aromatic carbocycles. The molecule has 0 aromatic heterocycles. The van der Waals surface area contributed by atoms with Gasteiger partial charge in [0, 0.05) is 25.3 Å². The predicted molar refractivity (Wildman–Crippen MR) is 119 cm³/mol. The Hall–Kier alpha value is -2.46. The van der Waals surface area contributed by atoms with Gasteiger partial charge in [0.1, 0.15) is 11.8 Å². The van der Waals surface area contributed by atoms with Crippen LogP contribution in [0.3, 0.4) is 0 Å². The highest BCUT2D eigenvalue weighted by molar-refractivity contribution is 8.18. The van der Waals surface area contributed by atoms with E-state index in [0.717, 1.165) is 28.6 Å². The maximum Gasteiger partial charge on any atom is 0.293 e. The minimum Gasteiger partial charge on any atom is -0.497 e. The van der Waals surface area contributed by atoms with Gasteiger partial charge in [-0.1, -0.05) is 12.1 Å². The van der Waals surface area contributed by atoms with Crippen LogP contribution in [0.25, 0.3) is 6.08 Å². The summed E-state index contributed by atoms with van der Waals surface area (Å²) in [6, 6.07) is 6.67. The number of thioether (sulfide) groups is 2. The Labute approximate surface area is 188 Å². The number of nitrogens with one attached hydrogen (secondary N) is 1. The van der Waals surface area contributed by atoms with E-state index >= 15 is 0 Å². The number of ether oxygens (including phenoxy) is 1. The second kappa shape index (κ2) is 8.58. The van der Waals surface area contributed by atoms with Gasteiger partial charge in [-0.15, -0.1) is 11.8 Å². The molecule has 3 aliphatic rings. The van der Waals surface area contributed by atoms with Gasteiger partial charge < -0.3 is 15.0 Å². The lowest BCUT2D eigenvalue weighted by atomic mass is 10.2.